The van der Waals surface area contributed by atoms with E-state index in [0.29, 0.717) is 19.1 Å². The van der Waals surface area contributed by atoms with E-state index >= 15 is 0 Å². The summed E-state index contributed by atoms with van der Waals surface area (Å²) in [5, 5.41) is 0. The lowest BCUT2D eigenvalue weighted by molar-refractivity contribution is 0.105. The van der Waals surface area contributed by atoms with Gasteiger partial charge in [-0.1, -0.05) is 26.8 Å². The molecule has 3 nitrogen and oxygen atoms in total. The van der Waals surface area contributed by atoms with Crippen molar-refractivity contribution >= 4 is 0 Å². The highest BCUT2D eigenvalue weighted by molar-refractivity contribution is 5.37. The number of nitrogens with two attached hydrogens (primary N) is 1. The van der Waals surface area contributed by atoms with E-state index in [2.05, 4.69) is 32.9 Å². The zero-order valence-corrected chi connectivity index (χ0v) is 11.9. The molecule has 1 aromatic carbocycles. The van der Waals surface area contributed by atoms with Crippen LogP contribution in [0.5, 0.6) is 5.75 Å². The minimum Gasteiger partial charge on any atom is -0.496 e. The molecule has 0 saturated heterocycles. The Labute approximate surface area is 110 Å². The van der Waals surface area contributed by atoms with Gasteiger partial charge in [0.1, 0.15) is 5.75 Å². The quantitative estimate of drug-likeness (QED) is 0.810. The molecule has 1 unspecified atom stereocenters. The Morgan fingerprint density at radius 3 is 2.56 bits per heavy atom. The fourth-order valence-corrected chi connectivity index (χ4v) is 1.71. The van der Waals surface area contributed by atoms with Crippen molar-refractivity contribution in [3.05, 3.63) is 29.3 Å². The highest BCUT2D eigenvalue weighted by atomic mass is 16.5. The van der Waals surface area contributed by atoms with Gasteiger partial charge < -0.3 is 15.2 Å². The van der Waals surface area contributed by atoms with Crippen LogP contribution in [0.1, 0.15) is 44.2 Å². The maximum absolute atomic E-state index is 5.83. The van der Waals surface area contributed by atoms with E-state index in [1.165, 1.54) is 5.56 Å². The molecule has 0 aliphatic rings. The summed E-state index contributed by atoms with van der Waals surface area (Å²) in [5.41, 5.74) is 8.22. The summed E-state index contributed by atoms with van der Waals surface area (Å²) in [6.45, 7) is 7.57. The van der Waals surface area contributed by atoms with E-state index in [4.69, 9.17) is 15.2 Å². The van der Waals surface area contributed by atoms with E-state index in [-0.39, 0.29) is 6.04 Å². The summed E-state index contributed by atoms with van der Waals surface area (Å²) in [7, 11) is 1.69. The molecule has 0 spiro atoms. The molecule has 3 heteroatoms. The Hall–Kier alpha value is -1.06. The van der Waals surface area contributed by atoms with Crippen molar-refractivity contribution in [2.45, 2.75) is 45.8 Å². The molecule has 1 atom stereocenters. The summed E-state index contributed by atoms with van der Waals surface area (Å²) in [6, 6.07) is 6.38. The first-order valence-electron chi connectivity index (χ1n) is 6.58. The van der Waals surface area contributed by atoms with Gasteiger partial charge in [-0.15, -0.1) is 0 Å². The molecular formula is C15H25NO2. The van der Waals surface area contributed by atoms with E-state index in [0.717, 1.165) is 17.7 Å². The van der Waals surface area contributed by atoms with Crippen LogP contribution < -0.4 is 10.5 Å². The van der Waals surface area contributed by atoms with Crippen LogP contribution in [-0.2, 0) is 11.3 Å². The molecule has 0 aliphatic carbocycles. The molecular weight excluding hydrogens is 226 g/mol. The number of hydrogen-bond donors (Lipinski definition) is 1. The SMILES string of the molecule is CCC(N)COCc1cc(C(C)C)ccc1OC. The molecule has 2 N–H and O–H groups in total. The van der Waals surface area contributed by atoms with E-state index in [1.54, 1.807) is 7.11 Å². The van der Waals surface area contributed by atoms with Crippen molar-refractivity contribution in [1.29, 1.82) is 0 Å². The Morgan fingerprint density at radius 1 is 1.28 bits per heavy atom. The molecule has 18 heavy (non-hydrogen) atoms. The first-order chi connectivity index (χ1) is 8.58. The molecule has 0 aliphatic heterocycles. The fourth-order valence-electron chi connectivity index (χ4n) is 1.71. The third-order valence-corrected chi connectivity index (χ3v) is 3.08. The van der Waals surface area contributed by atoms with Gasteiger partial charge in [0.25, 0.3) is 0 Å². The molecule has 102 valence electrons. The highest BCUT2D eigenvalue weighted by Gasteiger charge is 2.08. The predicted molar refractivity (Wildman–Crippen MR) is 75.0 cm³/mol. The molecule has 0 fully saturated rings. The maximum atomic E-state index is 5.83. The normalized spacial score (nSPS) is 12.8. The van der Waals surface area contributed by atoms with Gasteiger partial charge in [-0.05, 0) is 30.0 Å². The molecule has 0 amide bonds. The van der Waals surface area contributed by atoms with Gasteiger partial charge in [0.05, 0.1) is 20.3 Å². The lowest BCUT2D eigenvalue weighted by Crippen LogP contribution is -2.24. The van der Waals surface area contributed by atoms with Gasteiger partial charge in [0, 0.05) is 11.6 Å². The maximum Gasteiger partial charge on any atom is 0.124 e. The first kappa shape index (κ1) is 15.0. The standard InChI is InChI=1S/C15H25NO2/c1-5-14(16)10-18-9-13-8-12(11(2)3)6-7-15(13)17-4/h6-8,11,14H,5,9-10,16H2,1-4H3. The second-order valence-corrected chi connectivity index (χ2v) is 4.91. The minimum absolute atomic E-state index is 0.115. The largest absolute Gasteiger partial charge is 0.496 e. The van der Waals surface area contributed by atoms with Crippen molar-refractivity contribution in [3.8, 4) is 5.75 Å². The van der Waals surface area contributed by atoms with Crippen LogP contribution >= 0.6 is 0 Å². The van der Waals surface area contributed by atoms with Gasteiger partial charge in [0.15, 0.2) is 0 Å². The van der Waals surface area contributed by atoms with E-state index in [9.17, 15) is 0 Å². The molecule has 0 saturated carbocycles. The summed E-state index contributed by atoms with van der Waals surface area (Å²) >= 11 is 0. The van der Waals surface area contributed by atoms with Gasteiger partial charge in [-0.25, -0.2) is 0 Å². The zero-order chi connectivity index (χ0) is 13.5. The number of hydrogen-bond acceptors (Lipinski definition) is 3. The van der Waals surface area contributed by atoms with Crippen LogP contribution in [-0.4, -0.2) is 19.8 Å². The number of rotatable bonds is 7. The molecule has 0 aromatic heterocycles. The second kappa shape index (κ2) is 7.39. The van der Waals surface area contributed by atoms with Crippen molar-refractivity contribution in [3.63, 3.8) is 0 Å². The minimum atomic E-state index is 0.115. The first-order valence-corrected chi connectivity index (χ1v) is 6.58. The molecule has 1 aromatic rings. The molecule has 1 rings (SSSR count). The Bertz CT molecular complexity index is 364. The number of benzene rings is 1. The summed E-state index contributed by atoms with van der Waals surface area (Å²) in [5.74, 6) is 1.39. The van der Waals surface area contributed by atoms with Gasteiger partial charge in [-0.3, -0.25) is 0 Å². The lowest BCUT2D eigenvalue weighted by atomic mass is 10.0. The van der Waals surface area contributed by atoms with Crippen LogP contribution in [0.25, 0.3) is 0 Å². The summed E-state index contributed by atoms with van der Waals surface area (Å²) in [4.78, 5) is 0. The van der Waals surface area contributed by atoms with Crippen molar-refractivity contribution in [2.24, 2.45) is 5.73 Å². The Kier molecular flexibility index (Phi) is 6.16. The van der Waals surface area contributed by atoms with Crippen LogP contribution in [0.15, 0.2) is 18.2 Å². The average molecular weight is 251 g/mol. The van der Waals surface area contributed by atoms with Crippen LogP contribution in [0, 0.1) is 0 Å². The molecule has 0 heterocycles. The number of methoxy groups -OCH3 is 1. The number of ether oxygens (including phenoxy) is 2. The van der Waals surface area contributed by atoms with Gasteiger partial charge in [-0.2, -0.15) is 0 Å². The van der Waals surface area contributed by atoms with E-state index in [1.807, 2.05) is 6.07 Å². The smallest absolute Gasteiger partial charge is 0.124 e. The van der Waals surface area contributed by atoms with Crippen molar-refractivity contribution < 1.29 is 9.47 Å². The van der Waals surface area contributed by atoms with Crippen LogP contribution in [0.2, 0.25) is 0 Å². The monoisotopic (exact) mass is 251 g/mol. The Balaban J connectivity index is 2.69. The summed E-state index contributed by atoms with van der Waals surface area (Å²) < 4.78 is 11.0. The zero-order valence-electron chi connectivity index (χ0n) is 11.9. The second-order valence-electron chi connectivity index (χ2n) is 4.91. The third-order valence-electron chi connectivity index (χ3n) is 3.08. The highest BCUT2D eigenvalue weighted by Crippen LogP contribution is 2.24. The van der Waals surface area contributed by atoms with Gasteiger partial charge >= 0.3 is 0 Å². The van der Waals surface area contributed by atoms with Crippen LogP contribution in [0.3, 0.4) is 0 Å². The van der Waals surface area contributed by atoms with Crippen molar-refractivity contribution in [1.82, 2.24) is 0 Å². The average Bonchev–Trinajstić information content (AvgIpc) is 2.38. The lowest BCUT2D eigenvalue weighted by Gasteiger charge is -2.14. The summed E-state index contributed by atoms with van der Waals surface area (Å²) in [6.07, 6.45) is 0.934. The van der Waals surface area contributed by atoms with Crippen LogP contribution in [0.4, 0.5) is 0 Å². The van der Waals surface area contributed by atoms with Crippen molar-refractivity contribution in [2.75, 3.05) is 13.7 Å². The third kappa shape index (κ3) is 4.31. The van der Waals surface area contributed by atoms with E-state index < -0.39 is 0 Å². The molecule has 0 bridgehead atoms. The molecule has 0 radical (unpaired) electrons. The fraction of sp³-hybridized carbons (Fsp3) is 0.600. The Morgan fingerprint density at radius 2 is 2.00 bits per heavy atom. The van der Waals surface area contributed by atoms with Gasteiger partial charge in [0.2, 0.25) is 0 Å². The topological polar surface area (TPSA) is 44.5 Å². The predicted octanol–water partition coefficient (Wildman–Crippen LogP) is 3.07.